The molecule has 7 heteroatoms. The highest BCUT2D eigenvalue weighted by Crippen LogP contribution is 2.08. The lowest BCUT2D eigenvalue weighted by atomic mass is 10.4. The van der Waals surface area contributed by atoms with Gasteiger partial charge in [0.25, 0.3) is 0 Å². The van der Waals surface area contributed by atoms with Crippen molar-refractivity contribution in [1.29, 1.82) is 0 Å². The molecular formula is C11H19N6O+. The molecule has 98 valence electrons. The van der Waals surface area contributed by atoms with Gasteiger partial charge in [0.05, 0.1) is 6.54 Å². The smallest absolute Gasteiger partial charge is 0.307 e. The van der Waals surface area contributed by atoms with Gasteiger partial charge in [-0.2, -0.15) is 4.98 Å². The van der Waals surface area contributed by atoms with Gasteiger partial charge in [-0.15, -0.1) is 0 Å². The number of aromatic nitrogens is 4. The van der Waals surface area contributed by atoms with Crippen LogP contribution in [0.25, 0.3) is 11.2 Å². The molecular weight excluding hydrogens is 232 g/mol. The summed E-state index contributed by atoms with van der Waals surface area (Å²) in [6.45, 7) is 3.46. The lowest BCUT2D eigenvalue weighted by Gasteiger charge is -2.02. The van der Waals surface area contributed by atoms with Crippen LogP contribution in [0.3, 0.4) is 0 Å². The van der Waals surface area contributed by atoms with Crippen LogP contribution in [0.4, 0.5) is 5.82 Å². The molecule has 18 heavy (non-hydrogen) atoms. The number of ether oxygens (including phenoxy) is 1. The Hall–Kier alpha value is -1.73. The molecule has 0 radical (unpaired) electrons. The van der Waals surface area contributed by atoms with Gasteiger partial charge in [0.2, 0.25) is 5.52 Å². The number of fused-ring (bicyclic) bond motifs is 1. The molecule has 4 N–H and O–H groups in total. The Morgan fingerprint density at radius 2 is 2.33 bits per heavy atom. The van der Waals surface area contributed by atoms with Gasteiger partial charge in [0, 0.05) is 20.3 Å². The van der Waals surface area contributed by atoms with Crippen molar-refractivity contribution in [3.63, 3.8) is 0 Å². The van der Waals surface area contributed by atoms with Crippen LogP contribution in [0.5, 0.6) is 0 Å². The van der Waals surface area contributed by atoms with E-state index in [1.165, 1.54) is 6.33 Å². The van der Waals surface area contributed by atoms with Crippen LogP contribution in [0.15, 0.2) is 12.7 Å². The van der Waals surface area contributed by atoms with E-state index in [0.717, 1.165) is 43.8 Å². The molecule has 2 aromatic heterocycles. The molecule has 2 rings (SSSR count). The molecule has 0 atom stereocenters. The van der Waals surface area contributed by atoms with E-state index in [9.17, 15) is 0 Å². The largest absolute Gasteiger partial charge is 0.385 e. The monoisotopic (exact) mass is 251 g/mol. The number of nitrogens with one attached hydrogen (secondary N) is 2. The maximum Gasteiger partial charge on any atom is 0.307 e. The second kappa shape index (κ2) is 6.27. The number of methoxy groups -OCH3 is 1. The first-order valence-corrected chi connectivity index (χ1v) is 5.99. The summed E-state index contributed by atoms with van der Waals surface area (Å²) in [4.78, 5) is 11.2. The van der Waals surface area contributed by atoms with Crippen molar-refractivity contribution in [2.24, 2.45) is 0 Å². The Labute approximate surface area is 105 Å². The van der Waals surface area contributed by atoms with Crippen molar-refractivity contribution >= 4 is 17.0 Å². The molecule has 0 saturated carbocycles. The molecule has 0 aromatic carbocycles. The Balaban J connectivity index is 1.86. The average molecular weight is 251 g/mol. The highest BCUT2D eigenvalue weighted by Gasteiger charge is 2.13. The first-order valence-electron chi connectivity index (χ1n) is 5.99. The Bertz CT molecular complexity index is 497. The van der Waals surface area contributed by atoms with E-state index in [1.54, 1.807) is 7.11 Å². The number of nitrogens with zero attached hydrogens (tertiary/aromatic N) is 3. The van der Waals surface area contributed by atoms with Crippen LogP contribution >= 0.6 is 0 Å². The van der Waals surface area contributed by atoms with Gasteiger partial charge in [0.1, 0.15) is 0 Å². The maximum atomic E-state index is 5.75. The van der Waals surface area contributed by atoms with E-state index in [-0.39, 0.29) is 0 Å². The molecule has 0 aliphatic heterocycles. The maximum absolute atomic E-state index is 5.75. The Morgan fingerprint density at radius 3 is 3.17 bits per heavy atom. The molecule has 2 heterocycles. The molecule has 7 nitrogen and oxygen atoms in total. The minimum Gasteiger partial charge on any atom is -0.385 e. The quantitative estimate of drug-likeness (QED) is 0.454. The number of nitrogens with two attached hydrogens (primary N) is 1. The van der Waals surface area contributed by atoms with Gasteiger partial charge in [-0.3, -0.25) is 4.98 Å². The predicted octanol–water partition coefficient (Wildman–Crippen LogP) is -0.546. The van der Waals surface area contributed by atoms with Gasteiger partial charge in [-0.1, -0.05) is 4.98 Å². The standard InChI is InChI=1S/C11H18N6O/c1-18-6-2-3-13-4-5-17-8-16-9-10(12)14-7-15-11(9)17/h7-8,13H,2-6H2,1H3,(H2,12,14,15)/p+1. The van der Waals surface area contributed by atoms with Crippen molar-refractivity contribution in [3.05, 3.63) is 12.7 Å². The van der Waals surface area contributed by atoms with Crippen LogP contribution in [-0.4, -0.2) is 41.8 Å². The Morgan fingerprint density at radius 1 is 1.44 bits per heavy atom. The number of nitrogen functional groups attached to an aromatic ring is 1. The average Bonchev–Trinajstić information content (AvgIpc) is 2.79. The number of imidazole rings is 1. The van der Waals surface area contributed by atoms with Gasteiger partial charge in [0.15, 0.2) is 18.5 Å². The SMILES string of the molecule is COCCCNCC[n+]1c[nH]c2c(N)ncnc21. The summed E-state index contributed by atoms with van der Waals surface area (Å²) in [7, 11) is 1.71. The molecule has 0 saturated heterocycles. The summed E-state index contributed by atoms with van der Waals surface area (Å²) in [5, 5.41) is 3.35. The van der Waals surface area contributed by atoms with Crippen LogP contribution in [-0.2, 0) is 11.3 Å². The van der Waals surface area contributed by atoms with Crippen LogP contribution in [0, 0.1) is 0 Å². The zero-order chi connectivity index (χ0) is 12.8. The summed E-state index contributed by atoms with van der Waals surface area (Å²) in [6.07, 6.45) is 4.37. The second-order valence-corrected chi connectivity index (χ2v) is 4.02. The minimum absolute atomic E-state index is 0.479. The molecule has 0 aliphatic carbocycles. The highest BCUT2D eigenvalue weighted by atomic mass is 16.5. The van der Waals surface area contributed by atoms with E-state index in [1.807, 2.05) is 10.9 Å². The van der Waals surface area contributed by atoms with Crippen molar-refractivity contribution in [1.82, 2.24) is 20.3 Å². The third kappa shape index (κ3) is 2.93. The van der Waals surface area contributed by atoms with Gasteiger partial charge in [-0.05, 0) is 13.0 Å². The van der Waals surface area contributed by atoms with E-state index in [4.69, 9.17) is 10.5 Å². The zero-order valence-corrected chi connectivity index (χ0v) is 10.5. The predicted molar refractivity (Wildman–Crippen MR) is 67.9 cm³/mol. The van der Waals surface area contributed by atoms with Crippen molar-refractivity contribution in [2.45, 2.75) is 13.0 Å². The van der Waals surface area contributed by atoms with Gasteiger partial charge in [-0.25, -0.2) is 4.57 Å². The first kappa shape index (κ1) is 12.7. The fraction of sp³-hybridized carbons (Fsp3) is 0.545. The summed E-state index contributed by atoms with van der Waals surface area (Å²) >= 11 is 0. The van der Waals surface area contributed by atoms with Crippen LogP contribution in [0.2, 0.25) is 0 Å². The van der Waals surface area contributed by atoms with Crippen LogP contribution < -0.4 is 15.6 Å². The number of H-pyrrole nitrogens is 1. The number of hydrogen-bond acceptors (Lipinski definition) is 5. The van der Waals surface area contributed by atoms with E-state index in [2.05, 4.69) is 20.3 Å². The third-order valence-electron chi connectivity index (χ3n) is 2.72. The molecule has 0 spiro atoms. The number of hydrogen-bond donors (Lipinski definition) is 3. The first-order chi connectivity index (χ1) is 8.83. The van der Waals surface area contributed by atoms with Gasteiger partial charge >= 0.3 is 5.65 Å². The van der Waals surface area contributed by atoms with Crippen molar-refractivity contribution in [2.75, 3.05) is 32.5 Å². The number of anilines is 1. The van der Waals surface area contributed by atoms with E-state index >= 15 is 0 Å². The number of rotatable bonds is 7. The normalized spacial score (nSPS) is 11.2. The fourth-order valence-electron chi connectivity index (χ4n) is 1.79. The lowest BCUT2D eigenvalue weighted by Crippen LogP contribution is -2.38. The van der Waals surface area contributed by atoms with Crippen molar-refractivity contribution in [3.8, 4) is 0 Å². The van der Waals surface area contributed by atoms with Crippen molar-refractivity contribution < 1.29 is 9.30 Å². The van der Waals surface area contributed by atoms with E-state index in [0.29, 0.717) is 5.82 Å². The van der Waals surface area contributed by atoms with Crippen LogP contribution in [0.1, 0.15) is 6.42 Å². The lowest BCUT2D eigenvalue weighted by molar-refractivity contribution is -0.671. The molecule has 0 unspecified atom stereocenters. The molecule has 0 amide bonds. The summed E-state index contributed by atoms with van der Waals surface area (Å²) in [5.41, 5.74) is 7.38. The fourth-order valence-corrected chi connectivity index (χ4v) is 1.79. The summed E-state index contributed by atoms with van der Waals surface area (Å²) in [6, 6.07) is 0. The van der Waals surface area contributed by atoms with Gasteiger partial charge < -0.3 is 15.8 Å². The Kier molecular flexibility index (Phi) is 4.43. The number of aromatic amines is 1. The topological polar surface area (TPSA) is 92.7 Å². The molecule has 2 aromatic rings. The molecule has 0 aliphatic rings. The minimum atomic E-state index is 0.479. The zero-order valence-electron chi connectivity index (χ0n) is 10.5. The molecule has 0 fully saturated rings. The highest BCUT2D eigenvalue weighted by molar-refractivity contribution is 5.77. The summed E-state index contributed by atoms with van der Waals surface area (Å²) in [5.74, 6) is 0.479. The van der Waals surface area contributed by atoms with E-state index < -0.39 is 0 Å². The summed E-state index contributed by atoms with van der Waals surface area (Å²) < 4.78 is 7.01. The molecule has 0 bridgehead atoms. The third-order valence-corrected chi connectivity index (χ3v) is 2.72. The second-order valence-electron chi connectivity index (χ2n) is 4.02.